The second-order valence-electron chi connectivity index (χ2n) is 4.76. The molecule has 1 aliphatic heterocycles. The number of nitrogens with one attached hydrogen (secondary N) is 1. The summed E-state index contributed by atoms with van der Waals surface area (Å²) in [6.45, 7) is 2.45. The SMILES string of the molecule is O=C(CSc1nnc(Nc2ccccc2F)s1)N1CCOCC1. The van der Waals surface area contributed by atoms with Crippen LogP contribution in [-0.2, 0) is 9.53 Å². The summed E-state index contributed by atoms with van der Waals surface area (Å²) in [6, 6.07) is 6.37. The third-order valence-electron chi connectivity index (χ3n) is 3.20. The number of carbonyl (C=O) groups is 1. The van der Waals surface area contributed by atoms with E-state index in [1.165, 1.54) is 29.2 Å². The van der Waals surface area contributed by atoms with Gasteiger partial charge >= 0.3 is 0 Å². The van der Waals surface area contributed by atoms with Gasteiger partial charge in [0, 0.05) is 13.1 Å². The van der Waals surface area contributed by atoms with Crippen molar-refractivity contribution in [2.45, 2.75) is 4.34 Å². The van der Waals surface area contributed by atoms with Gasteiger partial charge in [-0.05, 0) is 12.1 Å². The molecule has 6 nitrogen and oxygen atoms in total. The van der Waals surface area contributed by atoms with E-state index >= 15 is 0 Å². The fourth-order valence-corrected chi connectivity index (χ4v) is 3.69. The molecule has 0 radical (unpaired) electrons. The Kier molecular flexibility index (Phi) is 5.42. The maximum absolute atomic E-state index is 13.6. The zero-order valence-corrected chi connectivity index (χ0v) is 13.8. The molecule has 1 N–H and O–H groups in total. The highest BCUT2D eigenvalue weighted by Gasteiger charge is 2.17. The van der Waals surface area contributed by atoms with E-state index in [9.17, 15) is 9.18 Å². The van der Waals surface area contributed by atoms with Gasteiger partial charge in [0.05, 0.1) is 24.7 Å². The van der Waals surface area contributed by atoms with Crippen LogP contribution in [0, 0.1) is 5.82 Å². The minimum atomic E-state index is -0.348. The molecular formula is C14H15FN4O2S2. The van der Waals surface area contributed by atoms with E-state index in [0.29, 0.717) is 47.2 Å². The molecule has 2 heterocycles. The number of rotatable bonds is 5. The van der Waals surface area contributed by atoms with Crippen LogP contribution >= 0.6 is 23.1 Å². The van der Waals surface area contributed by atoms with E-state index < -0.39 is 0 Å². The van der Waals surface area contributed by atoms with Crippen LogP contribution in [0.15, 0.2) is 28.6 Å². The molecule has 1 aromatic heterocycles. The van der Waals surface area contributed by atoms with Gasteiger partial charge in [0.15, 0.2) is 4.34 Å². The monoisotopic (exact) mass is 354 g/mol. The molecule has 1 aliphatic rings. The second kappa shape index (κ2) is 7.71. The number of thioether (sulfide) groups is 1. The lowest BCUT2D eigenvalue weighted by Crippen LogP contribution is -2.41. The molecule has 0 atom stereocenters. The molecule has 9 heteroatoms. The van der Waals surface area contributed by atoms with Gasteiger partial charge in [0.2, 0.25) is 11.0 Å². The number of para-hydroxylation sites is 1. The molecule has 1 aromatic carbocycles. The maximum Gasteiger partial charge on any atom is 0.233 e. The first-order valence-electron chi connectivity index (χ1n) is 7.06. The fraction of sp³-hybridized carbons (Fsp3) is 0.357. The lowest BCUT2D eigenvalue weighted by molar-refractivity contribution is -0.132. The molecule has 0 unspecified atom stereocenters. The number of nitrogens with zero attached hydrogens (tertiary/aromatic N) is 3. The largest absolute Gasteiger partial charge is 0.378 e. The zero-order chi connectivity index (χ0) is 16.1. The second-order valence-corrected chi connectivity index (χ2v) is 6.96. The summed E-state index contributed by atoms with van der Waals surface area (Å²) in [5.74, 6) is 0.0328. The molecule has 0 spiro atoms. The van der Waals surface area contributed by atoms with Crippen molar-refractivity contribution in [3.05, 3.63) is 30.1 Å². The highest BCUT2D eigenvalue weighted by molar-refractivity contribution is 8.01. The summed E-state index contributed by atoms with van der Waals surface area (Å²) in [6.07, 6.45) is 0. The molecule has 1 amide bonds. The third kappa shape index (κ3) is 4.40. The molecule has 0 saturated carbocycles. The molecule has 3 rings (SSSR count). The Hall–Kier alpha value is -1.71. The highest BCUT2D eigenvalue weighted by Crippen LogP contribution is 2.28. The van der Waals surface area contributed by atoms with Gasteiger partial charge in [0.1, 0.15) is 5.82 Å². The van der Waals surface area contributed by atoms with Crippen molar-refractivity contribution in [2.24, 2.45) is 0 Å². The number of carbonyl (C=O) groups excluding carboxylic acids is 1. The summed E-state index contributed by atoms with van der Waals surface area (Å²) in [7, 11) is 0. The number of benzene rings is 1. The lowest BCUT2D eigenvalue weighted by atomic mass is 10.3. The minimum absolute atomic E-state index is 0.0668. The van der Waals surface area contributed by atoms with Gasteiger partial charge < -0.3 is 15.0 Å². The summed E-state index contributed by atoms with van der Waals surface area (Å²) in [5.41, 5.74) is 0.351. The van der Waals surface area contributed by atoms with Crippen molar-refractivity contribution in [1.82, 2.24) is 15.1 Å². The van der Waals surface area contributed by atoms with Crippen LogP contribution in [0.1, 0.15) is 0 Å². The van der Waals surface area contributed by atoms with Gasteiger partial charge in [0.25, 0.3) is 0 Å². The number of aromatic nitrogens is 2. The fourth-order valence-electron chi connectivity index (χ4n) is 2.02. The smallest absolute Gasteiger partial charge is 0.233 e. The molecule has 1 fully saturated rings. The molecule has 122 valence electrons. The Morgan fingerprint density at radius 2 is 2.13 bits per heavy atom. The van der Waals surface area contributed by atoms with Gasteiger partial charge in [-0.1, -0.05) is 35.2 Å². The number of hydrogen-bond acceptors (Lipinski definition) is 7. The van der Waals surface area contributed by atoms with E-state index in [1.807, 2.05) is 0 Å². The van der Waals surface area contributed by atoms with Crippen molar-refractivity contribution >= 4 is 39.8 Å². The summed E-state index contributed by atoms with van der Waals surface area (Å²) < 4.78 is 19.5. The molecule has 0 bridgehead atoms. The van der Waals surface area contributed by atoms with Crippen LogP contribution in [0.5, 0.6) is 0 Å². The Morgan fingerprint density at radius 3 is 2.91 bits per heavy atom. The lowest BCUT2D eigenvalue weighted by Gasteiger charge is -2.26. The van der Waals surface area contributed by atoms with Gasteiger partial charge in [-0.25, -0.2) is 4.39 Å². The van der Waals surface area contributed by atoms with Crippen LogP contribution in [0.2, 0.25) is 0 Å². The van der Waals surface area contributed by atoms with Crippen LogP contribution in [0.4, 0.5) is 15.2 Å². The third-order valence-corrected chi connectivity index (χ3v) is 5.16. The van der Waals surface area contributed by atoms with Crippen LogP contribution in [-0.4, -0.2) is 53.1 Å². The number of amides is 1. The van der Waals surface area contributed by atoms with Crippen molar-refractivity contribution in [3.63, 3.8) is 0 Å². The van der Waals surface area contributed by atoms with Crippen molar-refractivity contribution in [1.29, 1.82) is 0 Å². The van der Waals surface area contributed by atoms with E-state index in [2.05, 4.69) is 15.5 Å². The van der Waals surface area contributed by atoms with Gasteiger partial charge in [-0.15, -0.1) is 10.2 Å². The van der Waals surface area contributed by atoms with E-state index in [1.54, 1.807) is 23.1 Å². The Bertz CT molecular complexity index is 676. The summed E-state index contributed by atoms with van der Waals surface area (Å²) >= 11 is 2.63. The first kappa shape index (κ1) is 16.2. The van der Waals surface area contributed by atoms with E-state index in [4.69, 9.17) is 4.74 Å². The summed E-state index contributed by atoms with van der Waals surface area (Å²) in [5, 5.41) is 11.4. The molecule has 0 aliphatic carbocycles. The number of halogens is 1. The quantitative estimate of drug-likeness (QED) is 0.832. The Labute approximate surface area is 141 Å². The first-order valence-corrected chi connectivity index (χ1v) is 8.86. The predicted molar refractivity (Wildman–Crippen MR) is 87.7 cm³/mol. The highest BCUT2D eigenvalue weighted by atomic mass is 32.2. The van der Waals surface area contributed by atoms with Crippen molar-refractivity contribution in [2.75, 3.05) is 37.4 Å². The normalized spacial score (nSPS) is 14.7. The number of ether oxygens (including phenoxy) is 1. The average molecular weight is 354 g/mol. The molecule has 2 aromatic rings. The van der Waals surface area contributed by atoms with E-state index in [0.717, 1.165) is 0 Å². The molecular weight excluding hydrogens is 339 g/mol. The Morgan fingerprint density at radius 1 is 1.35 bits per heavy atom. The van der Waals surface area contributed by atoms with E-state index in [-0.39, 0.29) is 11.7 Å². The standard InChI is InChI=1S/C14H15FN4O2S2/c15-10-3-1-2-4-11(10)16-13-17-18-14(23-13)22-9-12(20)19-5-7-21-8-6-19/h1-4H,5-9H2,(H,16,17). The zero-order valence-electron chi connectivity index (χ0n) is 12.2. The van der Waals surface area contributed by atoms with Crippen molar-refractivity contribution < 1.29 is 13.9 Å². The Balaban J connectivity index is 1.53. The van der Waals surface area contributed by atoms with Crippen LogP contribution in [0.3, 0.4) is 0 Å². The predicted octanol–water partition coefficient (Wildman–Crippen LogP) is 2.37. The van der Waals surface area contributed by atoms with Gasteiger partial charge in [-0.2, -0.15) is 0 Å². The van der Waals surface area contributed by atoms with Crippen LogP contribution in [0.25, 0.3) is 0 Å². The number of morpholine rings is 1. The number of anilines is 2. The van der Waals surface area contributed by atoms with Crippen LogP contribution < -0.4 is 5.32 Å². The average Bonchev–Trinajstić information content (AvgIpc) is 3.03. The number of hydrogen-bond donors (Lipinski definition) is 1. The first-order chi connectivity index (χ1) is 11.2. The molecule has 23 heavy (non-hydrogen) atoms. The van der Waals surface area contributed by atoms with Crippen molar-refractivity contribution in [3.8, 4) is 0 Å². The summed E-state index contributed by atoms with van der Waals surface area (Å²) in [4.78, 5) is 13.8. The molecule has 1 saturated heterocycles. The van der Waals surface area contributed by atoms with Gasteiger partial charge in [-0.3, -0.25) is 4.79 Å². The minimum Gasteiger partial charge on any atom is -0.378 e. The topological polar surface area (TPSA) is 67.4 Å². The maximum atomic E-state index is 13.6.